The number of ether oxygens (including phenoxy) is 1. The molecule has 0 aliphatic carbocycles. The van der Waals surface area contributed by atoms with Gasteiger partial charge in [0.2, 0.25) is 0 Å². The maximum Gasteiger partial charge on any atom is 0.119 e. The number of aryl methyl sites for hydroxylation is 1. The number of methoxy groups -OCH3 is 1. The van der Waals surface area contributed by atoms with Crippen molar-refractivity contribution < 1.29 is 9.84 Å². The zero-order valence-electron chi connectivity index (χ0n) is 11.1. The number of benzene rings is 2. The summed E-state index contributed by atoms with van der Waals surface area (Å²) in [7, 11) is 1.64. The Labute approximate surface area is 122 Å². The molecule has 2 nitrogen and oxygen atoms in total. The fourth-order valence-corrected chi connectivity index (χ4v) is 2.58. The van der Waals surface area contributed by atoms with Crippen LogP contribution in [-0.4, -0.2) is 12.2 Å². The van der Waals surface area contributed by atoms with Crippen molar-refractivity contribution in [1.82, 2.24) is 0 Å². The molecule has 1 N–H and O–H groups in total. The van der Waals surface area contributed by atoms with Crippen molar-refractivity contribution in [3.63, 3.8) is 0 Å². The summed E-state index contributed by atoms with van der Waals surface area (Å²) in [5, 5.41) is 10.4. The van der Waals surface area contributed by atoms with E-state index >= 15 is 0 Å². The van der Waals surface area contributed by atoms with Gasteiger partial charge in [-0.05, 0) is 41.8 Å². The zero-order valence-corrected chi connectivity index (χ0v) is 12.6. The summed E-state index contributed by atoms with van der Waals surface area (Å²) in [5.74, 6) is 0.814. The molecule has 0 saturated heterocycles. The molecule has 0 amide bonds. The largest absolute Gasteiger partial charge is 0.497 e. The lowest BCUT2D eigenvalue weighted by atomic mass is 9.97. The van der Waals surface area contributed by atoms with E-state index in [2.05, 4.69) is 15.9 Å². The minimum absolute atomic E-state index is 0.510. The average molecular weight is 321 g/mol. The maximum absolute atomic E-state index is 10.4. The van der Waals surface area contributed by atoms with E-state index in [0.29, 0.717) is 6.42 Å². The predicted molar refractivity (Wildman–Crippen MR) is 80.5 cm³/mol. The molecule has 0 heterocycles. The van der Waals surface area contributed by atoms with Crippen molar-refractivity contribution in [3.05, 3.63) is 63.6 Å². The molecule has 2 aromatic rings. The van der Waals surface area contributed by atoms with Gasteiger partial charge in [0.25, 0.3) is 0 Å². The lowest BCUT2D eigenvalue weighted by Gasteiger charge is -2.15. The topological polar surface area (TPSA) is 29.5 Å². The molecule has 2 aromatic carbocycles. The second-order valence-electron chi connectivity index (χ2n) is 4.53. The molecule has 2 rings (SSSR count). The van der Waals surface area contributed by atoms with E-state index in [-0.39, 0.29) is 0 Å². The highest BCUT2D eigenvalue weighted by Gasteiger charge is 2.13. The first-order valence-corrected chi connectivity index (χ1v) is 6.97. The van der Waals surface area contributed by atoms with Crippen molar-refractivity contribution in [2.75, 3.05) is 7.11 Å². The van der Waals surface area contributed by atoms with Gasteiger partial charge in [-0.1, -0.05) is 40.2 Å². The quantitative estimate of drug-likeness (QED) is 0.921. The molecule has 0 bridgehead atoms. The molecule has 19 heavy (non-hydrogen) atoms. The van der Waals surface area contributed by atoms with Gasteiger partial charge in [0, 0.05) is 10.9 Å². The van der Waals surface area contributed by atoms with Crippen molar-refractivity contribution in [1.29, 1.82) is 0 Å². The third-order valence-corrected chi connectivity index (χ3v) is 3.98. The smallest absolute Gasteiger partial charge is 0.119 e. The molecule has 0 aliphatic heterocycles. The Morgan fingerprint density at radius 2 is 1.95 bits per heavy atom. The van der Waals surface area contributed by atoms with Crippen LogP contribution in [0.3, 0.4) is 0 Å². The average Bonchev–Trinajstić information content (AvgIpc) is 2.41. The van der Waals surface area contributed by atoms with E-state index < -0.39 is 6.10 Å². The van der Waals surface area contributed by atoms with Gasteiger partial charge in [0.05, 0.1) is 13.2 Å². The van der Waals surface area contributed by atoms with Crippen LogP contribution in [0.1, 0.15) is 22.8 Å². The first-order valence-electron chi connectivity index (χ1n) is 6.18. The Kier molecular flexibility index (Phi) is 4.61. The van der Waals surface area contributed by atoms with Crippen LogP contribution in [-0.2, 0) is 6.42 Å². The van der Waals surface area contributed by atoms with Crippen LogP contribution in [0, 0.1) is 6.92 Å². The molecule has 0 radical (unpaired) electrons. The molecule has 3 heteroatoms. The SMILES string of the molecule is COc1ccc(C(O)Cc2ccccc2Br)c(C)c1. The fourth-order valence-electron chi connectivity index (χ4n) is 2.13. The molecule has 1 atom stereocenters. The number of hydrogen-bond acceptors (Lipinski definition) is 2. The van der Waals surface area contributed by atoms with E-state index in [1.807, 2.05) is 49.4 Å². The Bertz CT molecular complexity index is 566. The number of aliphatic hydroxyl groups excluding tert-OH is 1. The standard InChI is InChI=1S/C16H17BrO2/c1-11-9-13(19-2)7-8-14(11)16(18)10-12-5-3-4-6-15(12)17/h3-9,16,18H,10H2,1-2H3. The van der Waals surface area contributed by atoms with E-state index in [1.165, 1.54) is 0 Å². The summed E-state index contributed by atoms with van der Waals surface area (Å²) in [6.07, 6.45) is 0.0822. The van der Waals surface area contributed by atoms with Gasteiger partial charge >= 0.3 is 0 Å². The predicted octanol–water partition coefficient (Wildman–Crippen LogP) is 4.04. The molecule has 0 saturated carbocycles. The highest BCUT2D eigenvalue weighted by Crippen LogP contribution is 2.27. The monoisotopic (exact) mass is 320 g/mol. The summed E-state index contributed by atoms with van der Waals surface area (Å²) in [4.78, 5) is 0. The molecule has 0 aromatic heterocycles. The summed E-state index contributed by atoms with van der Waals surface area (Å²) in [6.45, 7) is 1.99. The van der Waals surface area contributed by atoms with Gasteiger partial charge in [-0.3, -0.25) is 0 Å². The summed E-state index contributed by atoms with van der Waals surface area (Å²) in [6, 6.07) is 13.7. The van der Waals surface area contributed by atoms with E-state index in [0.717, 1.165) is 26.9 Å². The highest BCUT2D eigenvalue weighted by atomic mass is 79.9. The Morgan fingerprint density at radius 3 is 2.58 bits per heavy atom. The Morgan fingerprint density at radius 1 is 1.21 bits per heavy atom. The van der Waals surface area contributed by atoms with Gasteiger partial charge in [-0.15, -0.1) is 0 Å². The van der Waals surface area contributed by atoms with Crippen LogP contribution in [0.5, 0.6) is 5.75 Å². The van der Waals surface area contributed by atoms with Gasteiger partial charge in [-0.25, -0.2) is 0 Å². The second kappa shape index (κ2) is 6.22. The lowest BCUT2D eigenvalue weighted by Crippen LogP contribution is -2.04. The summed E-state index contributed by atoms with van der Waals surface area (Å²) >= 11 is 3.51. The Hall–Kier alpha value is -1.32. The minimum atomic E-state index is -0.510. The first kappa shape index (κ1) is 14.1. The molecule has 1 unspecified atom stereocenters. The number of halogens is 1. The molecule has 0 fully saturated rings. The van der Waals surface area contributed by atoms with Crippen molar-refractivity contribution >= 4 is 15.9 Å². The molecular formula is C16H17BrO2. The zero-order chi connectivity index (χ0) is 13.8. The third-order valence-electron chi connectivity index (χ3n) is 3.21. The fraction of sp³-hybridized carbons (Fsp3) is 0.250. The van der Waals surface area contributed by atoms with E-state index in [9.17, 15) is 5.11 Å². The van der Waals surface area contributed by atoms with E-state index in [4.69, 9.17) is 4.74 Å². The molecular weight excluding hydrogens is 304 g/mol. The van der Waals surface area contributed by atoms with Crippen LogP contribution in [0.15, 0.2) is 46.9 Å². The van der Waals surface area contributed by atoms with Gasteiger partial charge < -0.3 is 9.84 Å². The van der Waals surface area contributed by atoms with Crippen LogP contribution in [0.4, 0.5) is 0 Å². The maximum atomic E-state index is 10.4. The highest BCUT2D eigenvalue weighted by molar-refractivity contribution is 9.10. The normalized spacial score (nSPS) is 12.2. The molecule has 100 valence electrons. The van der Waals surface area contributed by atoms with Gasteiger partial charge in [-0.2, -0.15) is 0 Å². The second-order valence-corrected chi connectivity index (χ2v) is 5.39. The van der Waals surface area contributed by atoms with Crippen LogP contribution < -0.4 is 4.74 Å². The summed E-state index contributed by atoms with van der Waals surface area (Å²) in [5.41, 5.74) is 3.08. The van der Waals surface area contributed by atoms with Crippen molar-refractivity contribution in [2.45, 2.75) is 19.4 Å². The molecule has 0 spiro atoms. The summed E-state index contributed by atoms with van der Waals surface area (Å²) < 4.78 is 6.21. The number of rotatable bonds is 4. The van der Waals surface area contributed by atoms with Crippen molar-refractivity contribution in [2.24, 2.45) is 0 Å². The number of aliphatic hydroxyl groups is 1. The van der Waals surface area contributed by atoms with Crippen molar-refractivity contribution in [3.8, 4) is 5.75 Å². The van der Waals surface area contributed by atoms with Crippen LogP contribution in [0.2, 0.25) is 0 Å². The lowest BCUT2D eigenvalue weighted by molar-refractivity contribution is 0.177. The van der Waals surface area contributed by atoms with Crippen LogP contribution in [0.25, 0.3) is 0 Å². The molecule has 0 aliphatic rings. The first-order chi connectivity index (χ1) is 9.11. The number of hydrogen-bond donors (Lipinski definition) is 1. The van der Waals surface area contributed by atoms with Gasteiger partial charge in [0.1, 0.15) is 5.75 Å². The minimum Gasteiger partial charge on any atom is -0.497 e. The van der Waals surface area contributed by atoms with Crippen LogP contribution >= 0.6 is 15.9 Å². The Balaban J connectivity index is 2.21. The van der Waals surface area contributed by atoms with Gasteiger partial charge in [0.15, 0.2) is 0 Å². The third kappa shape index (κ3) is 3.37. The van der Waals surface area contributed by atoms with E-state index in [1.54, 1.807) is 7.11 Å².